The molecule has 3 nitrogen and oxygen atoms in total. The van der Waals surface area contributed by atoms with Crippen LogP contribution in [-0.2, 0) is 13.0 Å². The van der Waals surface area contributed by atoms with Crippen molar-refractivity contribution in [2.75, 3.05) is 0 Å². The second-order valence-electron chi connectivity index (χ2n) is 5.02. The lowest BCUT2D eigenvalue weighted by molar-refractivity contribution is 0.177. The summed E-state index contributed by atoms with van der Waals surface area (Å²) in [5.41, 5.74) is 2.75. The number of aryl methyl sites for hydroxylation is 1. The van der Waals surface area contributed by atoms with Gasteiger partial charge in [-0.15, -0.1) is 0 Å². The Morgan fingerprint density at radius 3 is 2.62 bits per heavy atom. The van der Waals surface area contributed by atoms with Gasteiger partial charge in [-0.2, -0.15) is 5.10 Å². The Morgan fingerprint density at radius 1 is 1.14 bits per heavy atom. The van der Waals surface area contributed by atoms with Crippen LogP contribution in [0.25, 0.3) is 10.9 Å². The lowest BCUT2D eigenvalue weighted by Gasteiger charge is -2.11. The van der Waals surface area contributed by atoms with E-state index < -0.39 is 6.10 Å². The number of hydrogen-bond donors (Lipinski definition) is 1. The molecule has 0 aliphatic rings. The van der Waals surface area contributed by atoms with E-state index >= 15 is 0 Å². The van der Waals surface area contributed by atoms with Crippen LogP contribution in [0.15, 0.2) is 48.5 Å². The molecule has 1 N–H and O–H groups in total. The zero-order chi connectivity index (χ0) is 14.8. The van der Waals surface area contributed by atoms with E-state index in [9.17, 15) is 5.11 Å². The van der Waals surface area contributed by atoms with Crippen LogP contribution in [0.2, 0.25) is 5.02 Å². The van der Waals surface area contributed by atoms with Crippen molar-refractivity contribution in [1.29, 1.82) is 0 Å². The monoisotopic (exact) mass is 300 g/mol. The van der Waals surface area contributed by atoms with E-state index in [-0.39, 0.29) is 0 Å². The van der Waals surface area contributed by atoms with Gasteiger partial charge in [0, 0.05) is 23.4 Å². The van der Waals surface area contributed by atoms with Crippen LogP contribution in [0, 0.1) is 0 Å². The highest BCUT2D eigenvalue weighted by Gasteiger charge is 2.16. The third kappa shape index (κ3) is 2.67. The fourth-order valence-corrected chi connectivity index (χ4v) is 2.89. The molecule has 4 heteroatoms. The zero-order valence-corrected chi connectivity index (χ0v) is 12.6. The van der Waals surface area contributed by atoms with Crippen LogP contribution in [0.4, 0.5) is 0 Å². The zero-order valence-electron chi connectivity index (χ0n) is 11.8. The second-order valence-corrected chi connectivity index (χ2v) is 5.43. The molecule has 21 heavy (non-hydrogen) atoms. The smallest absolute Gasteiger partial charge is 0.0860 e. The Kier molecular flexibility index (Phi) is 3.95. The van der Waals surface area contributed by atoms with Gasteiger partial charge < -0.3 is 5.11 Å². The van der Waals surface area contributed by atoms with Gasteiger partial charge in [0.1, 0.15) is 0 Å². The Balaban J connectivity index is 1.97. The first-order valence-electron chi connectivity index (χ1n) is 7.07. The molecule has 1 heterocycles. The maximum absolute atomic E-state index is 10.5. The van der Waals surface area contributed by atoms with E-state index in [2.05, 4.69) is 18.1 Å². The van der Waals surface area contributed by atoms with Gasteiger partial charge >= 0.3 is 0 Å². The molecule has 0 bridgehead atoms. The summed E-state index contributed by atoms with van der Waals surface area (Å²) in [6.45, 7) is 2.87. The van der Waals surface area contributed by atoms with Crippen LogP contribution in [0.1, 0.15) is 24.3 Å². The lowest BCUT2D eigenvalue weighted by Crippen LogP contribution is -2.04. The third-order valence-corrected chi connectivity index (χ3v) is 4.03. The molecule has 0 aliphatic carbocycles. The van der Waals surface area contributed by atoms with Crippen molar-refractivity contribution in [3.8, 4) is 0 Å². The molecule has 3 aromatic rings. The van der Waals surface area contributed by atoms with Crippen molar-refractivity contribution in [2.45, 2.75) is 26.0 Å². The summed E-state index contributed by atoms with van der Waals surface area (Å²) in [7, 11) is 0. The quantitative estimate of drug-likeness (QED) is 0.791. The van der Waals surface area contributed by atoms with E-state index in [4.69, 9.17) is 11.6 Å². The van der Waals surface area contributed by atoms with Crippen molar-refractivity contribution < 1.29 is 5.11 Å². The highest BCUT2D eigenvalue weighted by Crippen LogP contribution is 2.28. The van der Waals surface area contributed by atoms with Gasteiger partial charge in [-0.05, 0) is 24.6 Å². The van der Waals surface area contributed by atoms with Gasteiger partial charge in [0.15, 0.2) is 0 Å². The highest BCUT2D eigenvalue weighted by molar-refractivity contribution is 6.31. The van der Waals surface area contributed by atoms with E-state index in [1.165, 1.54) is 0 Å². The molecule has 1 aromatic heterocycles. The number of benzene rings is 2. The molecule has 0 radical (unpaired) electrons. The van der Waals surface area contributed by atoms with Gasteiger partial charge in [0.2, 0.25) is 0 Å². The minimum atomic E-state index is -0.651. The third-order valence-electron chi connectivity index (χ3n) is 3.68. The normalized spacial score (nSPS) is 12.7. The summed E-state index contributed by atoms with van der Waals surface area (Å²) in [5.74, 6) is 0. The van der Waals surface area contributed by atoms with E-state index in [0.717, 1.165) is 28.7 Å². The molecular weight excluding hydrogens is 284 g/mol. The number of aliphatic hydroxyl groups excluding tert-OH is 1. The Bertz CT molecular complexity index is 766. The van der Waals surface area contributed by atoms with Gasteiger partial charge in [-0.1, -0.05) is 48.0 Å². The summed E-state index contributed by atoms with van der Waals surface area (Å²) < 4.78 is 1.96. The molecule has 0 amide bonds. The summed E-state index contributed by atoms with van der Waals surface area (Å²) in [6, 6.07) is 15.5. The number of para-hydroxylation sites is 1. The van der Waals surface area contributed by atoms with Crippen LogP contribution < -0.4 is 0 Å². The predicted molar refractivity (Wildman–Crippen MR) is 85.5 cm³/mol. The van der Waals surface area contributed by atoms with E-state index in [1.807, 2.05) is 41.1 Å². The number of aromatic nitrogens is 2. The molecule has 1 unspecified atom stereocenters. The summed E-state index contributed by atoms with van der Waals surface area (Å²) >= 11 is 6.15. The van der Waals surface area contributed by atoms with Crippen molar-refractivity contribution >= 4 is 22.5 Å². The Morgan fingerprint density at radius 2 is 1.86 bits per heavy atom. The van der Waals surface area contributed by atoms with E-state index in [1.54, 1.807) is 6.07 Å². The van der Waals surface area contributed by atoms with Crippen molar-refractivity contribution in [2.24, 2.45) is 0 Å². The van der Waals surface area contributed by atoms with E-state index in [0.29, 0.717) is 11.4 Å². The first-order valence-corrected chi connectivity index (χ1v) is 7.45. The van der Waals surface area contributed by atoms with Crippen LogP contribution in [0.3, 0.4) is 0 Å². The standard InChI is InChI=1S/C17H17ClN2O/c1-2-20-16-10-6-4-8-13(16)15(19-20)11-17(21)12-7-3-5-9-14(12)18/h3-10,17,21H,2,11H2,1H3. The molecular formula is C17H17ClN2O. The second kappa shape index (κ2) is 5.88. The lowest BCUT2D eigenvalue weighted by atomic mass is 10.0. The minimum Gasteiger partial charge on any atom is -0.388 e. The molecule has 108 valence electrons. The van der Waals surface area contributed by atoms with Gasteiger partial charge in [-0.25, -0.2) is 0 Å². The number of fused-ring (bicyclic) bond motifs is 1. The number of rotatable bonds is 4. The molecule has 0 saturated heterocycles. The molecule has 1 atom stereocenters. The van der Waals surface area contributed by atoms with Crippen LogP contribution in [0.5, 0.6) is 0 Å². The molecule has 0 aliphatic heterocycles. The van der Waals surface area contributed by atoms with Gasteiger partial charge in [-0.3, -0.25) is 4.68 Å². The van der Waals surface area contributed by atoms with Crippen molar-refractivity contribution in [3.63, 3.8) is 0 Å². The summed E-state index contributed by atoms with van der Waals surface area (Å²) in [5, 5.41) is 16.8. The average molecular weight is 301 g/mol. The average Bonchev–Trinajstić information content (AvgIpc) is 2.86. The highest BCUT2D eigenvalue weighted by atomic mass is 35.5. The minimum absolute atomic E-state index is 0.456. The Hall–Kier alpha value is -1.84. The van der Waals surface area contributed by atoms with Crippen molar-refractivity contribution in [3.05, 3.63) is 64.8 Å². The fraction of sp³-hybridized carbons (Fsp3) is 0.235. The number of nitrogens with zero attached hydrogens (tertiary/aromatic N) is 2. The topological polar surface area (TPSA) is 38.0 Å². The molecule has 3 rings (SSSR count). The SMILES string of the molecule is CCn1nc(CC(O)c2ccccc2Cl)c2ccccc21. The largest absolute Gasteiger partial charge is 0.388 e. The Labute approximate surface area is 128 Å². The number of aliphatic hydroxyl groups is 1. The van der Waals surface area contributed by atoms with Crippen LogP contribution in [-0.4, -0.2) is 14.9 Å². The number of hydrogen-bond acceptors (Lipinski definition) is 2. The maximum atomic E-state index is 10.5. The first-order chi connectivity index (χ1) is 10.2. The predicted octanol–water partition coefficient (Wildman–Crippen LogP) is 3.99. The van der Waals surface area contributed by atoms with Crippen LogP contribution >= 0.6 is 11.6 Å². The first kappa shape index (κ1) is 14.1. The van der Waals surface area contributed by atoms with Crippen molar-refractivity contribution in [1.82, 2.24) is 9.78 Å². The molecule has 2 aromatic carbocycles. The molecule has 0 fully saturated rings. The maximum Gasteiger partial charge on any atom is 0.0860 e. The molecule has 0 spiro atoms. The fourth-order valence-electron chi connectivity index (χ4n) is 2.63. The van der Waals surface area contributed by atoms with Gasteiger partial charge in [0.25, 0.3) is 0 Å². The number of halogens is 1. The summed E-state index contributed by atoms with van der Waals surface area (Å²) in [4.78, 5) is 0. The summed E-state index contributed by atoms with van der Waals surface area (Å²) in [6.07, 6.45) is -0.195. The van der Waals surface area contributed by atoms with Gasteiger partial charge in [0.05, 0.1) is 17.3 Å². The molecule has 0 saturated carbocycles.